The van der Waals surface area contributed by atoms with Crippen LogP contribution in [0.2, 0.25) is 0 Å². The Morgan fingerprint density at radius 2 is 1.75 bits per heavy atom. The van der Waals surface area contributed by atoms with Crippen LogP contribution in [0.5, 0.6) is 11.5 Å². The molecule has 2 rings (SSSR count). The van der Waals surface area contributed by atoms with Gasteiger partial charge in [-0.1, -0.05) is 12.1 Å². The monoisotopic (exact) mass is 384 g/mol. The molecular weight excluding hydrogens is 364 g/mol. The lowest BCUT2D eigenvalue weighted by atomic mass is 10.2. The summed E-state index contributed by atoms with van der Waals surface area (Å²) in [5.74, 6) is -1.44. The van der Waals surface area contributed by atoms with E-state index in [4.69, 9.17) is 15.2 Å². The number of ether oxygens (including phenoxy) is 2. The molecule has 0 saturated carbocycles. The van der Waals surface area contributed by atoms with E-state index in [1.54, 1.807) is 48.5 Å². The van der Waals surface area contributed by atoms with Gasteiger partial charge in [-0.25, -0.2) is 5.43 Å². The number of carbonyl (C=O) groups is 3. The quantitative estimate of drug-likeness (QED) is 0.355. The highest BCUT2D eigenvalue weighted by Crippen LogP contribution is 2.23. The minimum Gasteiger partial charge on any atom is -0.492 e. The number of benzene rings is 2. The molecule has 0 atom stereocenters. The summed E-state index contributed by atoms with van der Waals surface area (Å²) >= 11 is 0. The normalized spacial score (nSPS) is 10.3. The van der Waals surface area contributed by atoms with Crippen LogP contribution in [0.3, 0.4) is 0 Å². The highest BCUT2D eigenvalue weighted by molar-refractivity contribution is 6.39. The number of rotatable bonds is 8. The molecule has 0 fully saturated rings. The van der Waals surface area contributed by atoms with Crippen molar-refractivity contribution < 1.29 is 23.9 Å². The topological polar surface area (TPSA) is 132 Å². The number of anilines is 1. The molecule has 9 nitrogen and oxygen atoms in total. The molecule has 0 aliphatic heterocycles. The molecule has 0 unspecified atom stereocenters. The third-order valence-corrected chi connectivity index (χ3v) is 3.28. The number of hydrazone groups is 1. The Balaban J connectivity index is 1.87. The summed E-state index contributed by atoms with van der Waals surface area (Å²) in [6.45, 7) is 2.02. The minimum atomic E-state index is -0.927. The van der Waals surface area contributed by atoms with E-state index in [9.17, 15) is 14.4 Å². The van der Waals surface area contributed by atoms with Crippen molar-refractivity contribution in [2.24, 2.45) is 10.8 Å². The maximum atomic E-state index is 12.0. The van der Waals surface area contributed by atoms with Crippen LogP contribution in [-0.4, -0.2) is 37.1 Å². The average molecular weight is 384 g/mol. The zero-order valence-corrected chi connectivity index (χ0v) is 15.2. The van der Waals surface area contributed by atoms with Crippen LogP contribution in [0, 0.1) is 0 Å². The first-order valence-corrected chi connectivity index (χ1v) is 8.37. The molecular formula is C19H20N4O5. The lowest BCUT2D eigenvalue weighted by molar-refractivity contribution is -0.136. The van der Waals surface area contributed by atoms with Gasteiger partial charge in [-0.2, -0.15) is 5.10 Å². The number of amides is 3. The van der Waals surface area contributed by atoms with Crippen molar-refractivity contribution in [1.29, 1.82) is 0 Å². The van der Waals surface area contributed by atoms with Crippen LogP contribution < -0.4 is 25.9 Å². The molecule has 9 heteroatoms. The molecule has 0 spiro atoms. The second kappa shape index (κ2) is 10.3. The Labute approximate surface area is 161 Å². The summed E-state index contributed by atoms with van der Waals surface area (Å²) in [7, 11) is 0. The van der Waals surface area contributed by atoms with Crippen LogP contribution >= 0.6 is 0 Å². The van der Waals surface area contributed by atoms with E-state index in [0.29, 0.717) is 29.4 Å². The summed E-state index contributed by atoms with van der Waals surface area (Å²) < 4.78 is 10.5. The third kappa shape index (κ3) is 6.45. The number of nitrogens with two attached hydrogens (primary N) is 1. The first kappa shape index (κ1) is 20.4. The van der Waals surface area contributed by atoms with Gasteiger partial charge in [0.15, 0.2) is 6.61 Å². The second-order valence-corrected chi connectivity index (χ2v) is 5.41. The van der Waals surface area contributed by atoms with E-state index >= 15 is 0 Å². The minimum absolute atomic E-state index is 0.217. The second-order valence-electron chi connectivity index (χ2n) is 5.41. The first-order chi connectivity index (χ1) is 13.5. The van der Waals surface area contributed by atoms with E-state index < -0.39 is 17.7 Å². The van der Waals surface area contributed by atoms with Crippen LogP contribution in [0.4, 0.5) is 5.69 Å². The number of hydrogen-bond donors (Lipinski definition) is 3. The van der Waals surface area contributed by atoms with Crippen LogP contribution in [0.25, 0.3) is 0 Å². The average Bonchev–Trinajstić information content (AvgIpc) is 2.69. The van der Waals surface area contributed by atoms with Crippen molar-refractivity contribution >= 4 is 29.6 Å². The maximum absolute atomic E-state index is 12.0. The molecule has 28 heavy (non-hydrogen) atoms. The Kier molecular flexibility index (Phi) is 7.53. The number of carbonyl (C=O) groups excluding carboxylic acids is 3. The molecule has 146 valence electrons. The summed E-state index contributed by atoms with van der Waals surface area (Å²) in [5.41, 5.74) is 8.17. The number of para-hydroxylation sites is 2. The lowest BCUT2D eigenvalue weighted by Crippen LogP contribution is -2.32. The smallest absolute Gasteiger partial charge is 0.329 e. The van der Waals surface area contributed by atoms with Gasteiger partial charge in [-0.05, 0) is 48.9 Å². The number of nitrogens with one attached hydrogen (secondary N) is 2. The van der Waals surface area contributed by atoms with Gasteiger partial charge in [0.25, 0.3) is 5.91 Å². The summed E-state index contributed by atoms with van der Waals surface area (Å²) in [4.78, 5) is 34.5. The lowest BCUT2D eigenvalue weighted by Gasteiger charge is -2.10. The van der Waals surface area contributed by atoms with E-state index in [0.717, 1.165) is 0 Å². The fourth-order valence-electron chi connectivity index (χ4n) is 2.05. The number of hydrogen-bond acceptors (Lipinski definition) is 6. The van der Waals surface area contributed by atoms with Gasteiger partial charge in [0.2, 0.25) is 0 Å². The van der Waals surface area contributed by atoms with Gasteiger partial charge in [-0.3, -0.25) is 14.4 Å². The predicted octanol–water partition coefficient (Wildman–Crippen LogP) is 1.04. The van der Waals surface area contributed by atoms with Gasteiger partial charge >= 0.3 is 11.8 Å². The fourth-order valence-corrected chi connectivity index (χ4v) is 2.05. The zero-order chi connectivity index (χ0) is 20.4. The molecule has 0 heterocycles. The standard InChI is InChI=1S/C19H20N4O5/c1-2-27-16-6-4-3-5-15(16)22-18(25)19(26)23-21-11-13-7-9-14(10-8-13)28-12-17(20)24/h3-11H,2,12H2,1H3,(H2,20,24)(H,22,25)(H,23,26)/b21-11-. The van der Waals surface area contributed by atoms with Crippen LogP contribution in [-0.2, 0) is 14.4 Å². The highest BCUT2D eigenvalue weighted by atomic mass is 16.5. The Bertz CT molecular complexity index is 865. The SMILES string of the molecule is CCOc1ccccc1NC(=O)C(=O)N/N=C\c1ccc(OCC(N)=O)cc1. The molecule has 0 aliphatic carbocycles. The number of nitrogens with zero attached hydrogens (tertiary/aromatic N) is 1. The van der Waals surface area contributed by atoms with Crippen molar-refractivity contribution in [2.45, 2.75) is 6.92 Å². The van der Waals surface area contributed by atoms with Crippen molar-refractivity contribution in [1.82, 2.24) is 5.43 Å². The van der Waals surface area contributed by atoms with Crippen LogP contribution in [0.1, 0.15) is 12.5 Å². The van der Waals surface area contributed by atoms with Crippen LogP contribution in [0.15, 0.2) is 53.6 Å². The molecule has 0 radical (unpaired) electrons. The molecule has 4 N–H and O–H groups in total. The molecule has 0 aromatic heterocycles. The van der Waals surface area contributed by atoms with E-state index in [1.165, 1.54) is 6.21 Å². The number of primary amides is 1. The Hall–Kier alpha value is -3.88. The molecule has 0 saturated heterocycles. The summed E-state index contributed by atoms with van der Waals surface area (Å²) in [5, 5.41) is 6.21. The molecule has 2 aromatic carbocycles. The predicted molar refractivity (Wildman–Crippen MR) is 103 cm³/mol. The molecule has 3 amide bonds. The summed E-state index contributed by atoms with van der Waals surface area (Å²) in [6.07, 6.45) is 1.36. The van der Waals surface area contributed by atoms with E-state index in [1.807, 2.05) is 6.92 Å². The third-order valence-electron chi connectivity index (χ3n) is 3.28. The van der Waals surface area contributed by atoms with E-state index in [2.05, 4.69) is 15.8 Å². The fraction of sp³-hybridized carbons (Fsp3) is 0.158. The first-order valence-electron chi connectivity index (χ1n) is 8.37. The Morgan fingerprint density at radius 3 is 2.43 bits per heavy atom. The molecule has 0 bridgehead atoms. The van der Waals surface area contributed by atoms with Gasteiger partial charge in [-0.15, -0.1) is 0 Å². The van der Waals surface area contributed by atoms with Crippen molar-refractivity contribution in [2.75, 3.05) is 18.5 Å². The molecule has 2 aromatic rings. The maximum Gasteiger partial charge on any atom is 0.329 e. The Morgan fingerprint density at radius 1 is 1.04 bits per heavy atom. The van der Waals surface area contributed by atoms with Gasteiger partial charge < -0.3 is 20.5 Å². The zero-order valence-electron chi connectivity index (χ0n) is 15.2. The summed E-state index contributed by atoms with van der Waals surface area (Å²) in [6, 6.07) is 13.3. The van der Waals surface area contributed by atoms with Crippen molar-refractivity contribution in [3.05, 3.63) is 54.1 Å². The van der Waals surface area contributed by atoms with Gasteiger partial charge in [0.05, 0.1) is 18.5 Å². The van der Waals surface area contributed by atoms with Gasteiger partial charge in [0, 0.05) is 0 Å². The van der Waals surface area contributed by atoms with Gasteiger partial charge in [0.1, 0.15) is 11.5 Å². The van der Waals surface area contributed by atoms with Crippen molar-refractivity contribution in [3.8, 4) is 11.5 Å². The molecule has 0 aliphatic rings. The highest BCUT2D eigenvalue weighted by Gasteiger charge is 2.15. The van der Waals surface area contributed by atoms with E-state index in [-0.39, 0.29) is 6.61 Å². The van der Waals surface area contributed by atoms with Crippen molar-refractivity contribution in [3.63, 3.8) is 0 Å². The largest absolute Gasteiger partial charge is 0.492 e.